The molecule has 0 saturated carbocycles. The molecule has 0 atom stereocenters. The first kappa shape index (κ1) is 12.9. The summed E-state index contributed by atoms with van der Waals surface area (Å²) in [5.74, 6) is 0. The first-order valence-electron chi connectivity index (χ1n) is 1.33. The van der Waals surface area contributed by atoms with Crippen LogP contribution in [0.15, 0.2) is 0 Å². The van der Waals surface area contributed by atoms with Crippen LogP contribution in [0.2, 0.25) is 0 Å². The van der Waals surface area contributed by atoms with Crippen LogP contribution in [-0.2, 0) is 45.3 Å². The van der Waals surface area contributed by atoms with Gasteiger partial charge >= 0.3 is 63.7 Å². The van der Waals surface area contributed by atoms with Crippen LogP contribution in [0.5, 0.6) is 0 Å². The van der Waals surface area contributed by atoms with E-state index in [2.05, 4.69) is 2.84 Å². The van der Waals surface area contributed by atoms with Crippen molar-refractivity contribution in [2.24, 2.45) is 0 Å². The van der Waals surface area contributed by atoms with Crippen LogP contribution in [0.4, 0.5) is 0 Å². The van der Waals surface area contributed by atoms with E-state index >= 15 is 0 Å². The summed E-state index contributed by atoms with van der Waals surface area (Å²) in [4.78, 5) is 0. The molecule has 0 spiro atoms. The van der Waals surface area contributed by atoms with Crippen LogP contribution in [0.1, 0.15) is 0 Å². The second-order valence-corrected chi connectivity index (χ2v) is 4.52. The molecule has 0 aromatic carbocycles. The van der Waals surface area contributed by atoms with Crippen LogP contribution in [0.3, 0.4) is 0 Å². The second-order valence-electron chi connectivity index (χ2n) is 0.885. The molecule has 0 amide bonds. The molecule has 0 aliphatic carbocycles. The van der Waals surface area contributed by atoms with E-state index in [9.17, 15) is 23.5 Å². The Morgan fingerprint density at radius 3 is 1.10 bits per heavy atom. The Labute approximate surface area is 64.0 Å². The Kier molecular flexibility index (Phi) is 4.70. The van der Waals surface area contributed by atoms with Crippen molar-refractivity contribution in [2.45, 2.75) is 0 Å². The Morgan fingerprint density at radius 2 is 1.10 bits per heavy atom. The van der Waals surface area contributed by atoms with Crippen molar-refractivity contribution in [3.8, 4) is 0 Å². The Hall–Kier alpha value is 0.314. The molecule has 0 unspecified atom stereocenters. The molecule has 7 nitrogen and oxygen atoms in total. The Morgan fingerprint density at radius 1 is 0.900 bits per heavy atom. The molecule has 0 fully saturated rings. The molecule has 0 heterocycles. The fourth-order valence-corrected chi connectivity index (χ4v) is 1.74. The van der Waals surface area contributed by atoms with Gasteiger partial charge in [-0.05, 0) is 0 Å². The summed E-state index contributed by atoms with van der Waals surface area (Å²) in [6.45, 7) is 0. The van der Waals surface area contributed by atoms with Gasteiger partial charge in [0.15, 0.2) is 0 Å². The maximum atomic E-state index is 9.38. The summed E-state index contributed by atoms with van der Waals surface area (Å²) in [6.07, 6.45) is 0. The molecule has 0 saturated heterocycles. The summed E-state index contributed by atoms with van der Waals surface area (Å²) in [6, 6.07) is 0. The van der Waals surface area contributed by atoms with Gasteiger partial charge in [-0.25, -0.2) is 0 Å². The first-order valence-corrected chi connectivity index (χ1v) is 5.50. The van der Waals surface area contributed by atoms with Gasteiger partial charge in [-0.1, -0.05) is 0 Å². The SMILES string of the molecule is [Be+2].[O]=[Cr](=[O])([O-])[O][Cr](=[O])(=[O])[O-]. The Bertz CT molecular complexity index is 237. The quantitative estimate of drug-likeness (QED) is 0.450. The minimum absolute atomic E-state index is 0. The zero-order chi connectivity index (χ0) is 7.71. The van der Waals surface area contributed by atoms with Gasteiger partial charge in [0.05, 0.1) is 0 Å². The number of hydrogen-bond donors (Lipinski definition) is 0. The van der Waals surface area contributed by atoms with E-state index in [-0.39, 0.29) is 10.1 Å². The van der Waals surface area contributed by atoms with Gasteiger partial charge in [-0.3, -0.25) is 0 Å². The average molecular weight is 225 g/mol. The van der Waals surface area contributed by atoms with Crippen molar-refractivity contribution in [1.29, 1.82) is 0 Å². The molecule has 0 radical (unpaired) electrons. The van der Waals surface area contributed by atoms with Gasteiger partial charge in [-0.2, -0.15) is 0 Å². The normalized spacial score (nSPS) is 12.2. The van der Waals surface area contributed by atoms with Gasteiger partial charge in [-0.15, -0.1) is 0 Å². The molecule has 0 bridgehead atoms. The van der Waals surface area contributed by atoms with E-state index < -0.39 is 27.2 Å². The van der Waals surface area contributed by atoms with E-state index in [0.717, 1.165) is 0 Å². The van der Waals surface area contributed by atoms with Crippen LogP contribution in [0, 0.1) is 0 Å². The second kappa shape index (κ2) is 3.63. The molecule has 0 N–H and O–H groups in total. The molecule has 0 rings (SSSR count). The minimum atomic E-state index is -6.07. The zero-order valence-electron chi connectivity index (χ0n) is 4.38. The zero-order valence-corrected chi connectivity index (χ0v) is 6.93. The maximum absolute atomic E-state index is 9.38. The molecule has 0 aliphatic rings. The van der Waals surface area contributed by atoms with Gasteiger partial charge in [0, 0.05) is 0 Å². The molecule has 0 aromatic heterocycles. The van der Waals surface area contributed by atoms with Crippen LogP contribution < -0.4 is 8.32 Å². The average Bonchev–Trinajstić information content (AvgIpc) is 1.14. The van der Waals surface area contributed by atoms with Gasteiger partial charge in [0.1, 0.15) is 0 Å². The van der Waals surface area contributed by atoms with Gasteiger partial charge < -0.3 is 0 Å². The molecule has 10 heteroatoms. The third-order valence-corrected chi connectivity index (χ3v) is 2.83. The van der Waals surface area contributed by atoms with E-state index in [4.69, 9.17) is 0 Å². The van der Waals surface area contributed by atoms with E-state index in [1.54, 1.807) is 0 Å². The molecule has 0 aromatic rings. The molecule has 0 aliphatic heterocycles. The standard InChI is InChI=1S/Be.2Cr.7O/q+2;;;;;;;;2*-1. The van der Waals surface area contributed by atoms with Gasteiger partial charge in [0.2, 0.25) is 0 Å². The fraction of sp³-hybridized carbons (Fsp3) is 0. The van der Waals surface area contributed by atoms with Crippen LogP contribution in [-0.4, -0.2) is 10.1 Å². The third kappa shape index (κ3) is 11.2. The molecule has 10 heavy (non-hydrogen) atoms. The monoisotopic (exact) mass is 225 g/mol. The van der Waals surface area contributed by atoms with E-state index in [1.807, 2.05) is 0 Å². The summed E-state index contributed by atoms with van der Waals surface area (Å²) in [5, 5.41) is 0. The summed E-state index contributed by atoms with van der Waals surface area (Å²) in [7, 11) is 0. The molecular weight excluding hydrogens is 225 g/mol. The number of rotatable bonds is 2. The predicted molar refractivity (Wildman–Crippen MR) is 9.59 cm³/mol. The number of hydrogen-bond acceptors (Lipinski definition) is 7. The summed E-state index contributed by atoms with van der Waals surface area (Å²) < 4.78 is 58.9. The molecule has 56 valence electrons. The Balaban J connectivity index is 0. The van der Waals surface area contributed by atoms with Crippen LogP contribution >= 0.6 is 0 Å². The van der Waals surface area contributed by atoms with Crippen molar-refractivity contribution < 1.29 is 53.6 Å². The van der Waals surface area contributed by atoms with Crippen molar-refractivity contribution >= 4 is 10.1 Å². The van der Waals surface area contributed by atoms with Crippen molar-refractivity contribution in [3.63, 3.8) is 0 Å². The first-order chi connectivity index (χ1) is 3.71. The van der Waals surface area contributed by atoms with Gasteiger partial charge in [0.25, 0.3) is 0 Å². The third-order valence-electron chi connectivity index (χ3n) is 0.167. The topological polar surface area (TPSA) is 124 Å². The van der Waals surface area contributed by atoms with Crippen LogP contribution in [0.25, 0.3) is 0 Å². The van der Waals surface area contributed by atoms with E-state index in [1.165, 1.54) is 0 Å². The predicted octanol–water partition coefficient (Wildman–Crippen LogP) is -3.31. The summed E-state index contributed by atoms with van der Waals surface area (Å²) >= 11 is -12.1. The van der Waals surface area contributed by atoms with Crippen molar-refractivity contribution in [3.05, 3.63) is 0 Å². The molecular formula is BeCr2O7. The van der Waals surface area contributed by atoms with Crippen molar-refractivity contribution in [2.75, 3.05) is 0 Å². The summed E-state index contributed by atoms with van der Waals surface area (Å²) in [5.41, 5.74) is 0. The van der Waals surface area contributed by atoms with Crippen molar-refractivity contribution in [1.82, 2.24) is 0 Å². The van der Waals surface area contributed by atoms with E-state index in [0.29, 0.717) is 0 Å². The fourth-order valence-electron chi connectivity index (χ4n) is 0.102.